The first-order valence-corrected chi connectivity index (χ1v) is 11.5. The first-order valence-electron chi connectivity index (χ1n) is 10.3. The molecule has 0 aliphatic rings. The van der Waals surface area contributed by atoms with E-state index in [1.165, 1.54) is 10.2 Å². The Balaban J connectivity index is 1.42. The van der Waals surface area contributed by atoms with Crippen molar-refractivity contribution in [2.45, 2.75) is 34.0 Å². The Kier molecular flexibility index (Phi) is 6.85. The lowest BCUT2D eigenvalue weighted by Gasteiger charge is -2.08. The van der Waals surface area contributed by atoms with E-state index in [1.54, 1.807) is 24.4 Å². The highest BCUT2D eigenvalue weighted by atomic mass is 79.9. The van der Waals surface area contributed by atoms with Crippen molar-refractivity contribution in [3.63, 3.8) is 0 Å². The van der Waals surface area contributed by atoms with Gasteiger partial charge in [0.2, 0.25) is 0 Å². The topological polar surface area (TPSA) is 74.0 Å². The smallest absolute Gasteiger partial charge is 0.276 e. The largest absolute Gasteiger partial charge is 0.470 e. The Bertz CT molecular complexity index is 1300. The maximum atomic E-state index is 12.8. The number of aryl methyl sites for hydroxylation is 2. The molecule has 0 saturated carbocycles. The van der Waals surface area contributed by atoms with E-state index in [0.29, 0.717) is 23.0 Å². The fraction of sp³-hybridized carbons (Fsp3) is 0.208. The van der Waals surface area contributed by atoms with Gasteiger partial charge in [-0.05, 0) is 50.6 Å². The minimum absolute atomic E-state index is 0.126. The van der Waals surface area contributed by atoms with Gasteiger partial charge in [0.05, 0.1) is 28.6 Å². The van der Waals surface area contributed by atoms with Crippen molar-refractivity contribution in [3.8, 4) is 5.75 Å². The lowest BCUT2D eigenvalue weighted by Crippen LogP contribution is -2.15. The molecule has 2 aromatic heterocycles. The van der Waals surface area contributed by atoms with Crippen molar-refractivity contribution in [2.75, 3.05) is 5.32 Å². The first kappa shape index (κ1) is 23.1. The lowest BCUT2D eigenvalue weighted by molar-refractivity contribution is 0.102. The van der Waals surface area contributed by atoms with Gasteiger partial charge >= 0.3 is 0 Å². The molecule has 0 fully saturated rings. The SMILES string of the molecule is Cc1ccc(Cn2nc(C)c(NC(=O)c3ccn(COc4ccc(Br)cc4Cl)n3)c2C)cc1. The van der Waals surface area contributed by atoms with Crippen molar-refractivity contribution in [1.29, 1.82) is 0 Å². The Hall–Kier alpha value is -3.10. The van der Waals surface area contributed by atoms with Crippen molar-refractivity contribution in [2.24, 2.45) is 0 Å². The van der Waals surface area contributed by atoms with Crippen LogP contribution >= 0.6 is 27.5 Å². The van der Waals surface area contributed by atoms with E-state index in [2.05, 4.69) is 62.6 Å². The van der Waals surface area contributed by atoms with Gasteiger partial charge in [-0.2, -0.15) is 10.2 Å². The number of hydrogen-bond donors (Lipinski definition) is 1. The Labute approximate surface area is 205 Å². The highest BCUT2D eigenvalue weighted by Crippen LogP contribution is 2.28. The van der Waals surface area contributed by atoms with E-state index in [-0.39, 0.29) is 18.3 Å². The molecule has 0 aliphatic carbocycles. The number of carbonyl (C=O) groups excluding carboxylic acids is 1. The van der Waals surface area contributed by atoms with Crippen LogP contribution in [0.3, 0.4) is 0 Å². The molecule has 0 bridgehead atoms. The van der Waals surface area contributed by atoms with Crippen LogP contribution in [0.25, 0.3) is 0 Å². The minimum Gasteiger partial charge on any atom is -0.470 e. The summed E-state index contributed by atoms with van der Waals surface area (Å²) in [6.07, 6.45) is 1.68. The third-order valence-corrected chi connectivity index (χ3v) is 5.98. The number of amides is 1. The van der Waals surface area contributed by atoms with Gasteiger partial charge in [0.15, 0.2) is 12.4 Å². The van der Waals surface area contributed by atoms with Gasteiger partial charge < -0.3 is 10.1 Å². The molecule has 0 aliphatic heterocycles. The van der Waals surface area contributed by atoms with E-state index < -0.39 is 0 Å². The predicted octanol–water partition coefficient (Wildman–Crippen LogP) is 5.76. The highest BCUT2D eigenvalue weighted by Gasteiger charge is 2.17. The van der Waals surface area contributed by atoms with Crippen molar-refractivity contribution >= 4 is 39.1 Å². The summed E-state index contributed by atoms with van der Waals surface area (Å²) in [5.74, 6) is 0.227. The zero-order chi connectivity index (χ0) is 23.5. The van der Waals surface area contributed by atoms with Gasteiger partial charge in [-0.25, -0.2) is 4.68 Å². The molecule has 1 amide bonds. The summed E-state index contributed by atoms with van der Waals surface area (Å²) in [5.41, 5.74) is 4.97. The molecule has 9 heteroatoms. The molecule has 2 heterocycles. The maximum Gasteiger partial charge on any atom is 0.276 e. The lowest BCUT2D eigenvalue weighted by atomic mass is 10.1. The summed E-state index contributed by atoms with van der Waals surface area (Å²) in [5, 5.41) is 12.3. The summed E-state index contributed by atoms with van der Waals surface area (Å²) in [4.78, 5) is 12.8. The molecule has 4 rings (SSSR count). The second-order valence-corrected chi connectivity index (χ2v) is 9.05. The Morgan fingerprint density at radius 1 is 1.09 bits per heavy atom. The van der Waals surface area contributed by atoms with Gasteiger partial charge in [-0.1, -0.05) is 57.4 Å². The zero-order valence-corrected chi connectivity index (χ0v) is 20.8. The molecule has 0 spiro atoms. The first-order chi connectivity index (χ1) is 15.8. The van der Waals surface area contributed by atoms with Crippen LogP contribution in [0.2, 0.25) is 5.02 Å². The summed E-state index contributed by atoms with van der Waals surface area (Å²) >= 11 is 9.54. The van der Waals surface area contributed by atoms with Crippen molar-refractivity contribution in [3.05, 3.63) is 92.4 Å². The summed E-state index contributed by atoms with van der Waals surface area (Å²) < 4.78 is 9.99. The van der Waals surface area contributed by atoms with Gasteiger partial charge in [0.25, 0.3) is 5.91 Å². The Morgan fingerprint density at radius 3 is 2.58 bits per heavy atom. The number of nitrogens with one attached hydrogen (secondary N) is 1. The van der Waals surface area contributed by atoms with Crippen LogP contribution in [-0.4, -0.2) is 25.5 Å². The average Bonchev–Trinajstić information content (AvgIpc) is 3.35. The third-order valence-electron chi connectivity index (χ3n) is 5.19. The highest BCUT2D eigenvalue weighted by molar-refractivity contribution is 9.10. The van der Waals surface area contributed by atoms with Crippen LogP contribution in [0.15, 0.2) is 59.2 Å². The van der Waals surface area contributed by atoms with Gasteiger partial charge in [-0.15, -0.1) is 0 Å². The normalized spacial score (nSPS) is 10.9. The summed E-state index contributed by atoms with van der Waals surface area (Å²) in [7, 11) is 0. The quantitative estimate of drug-likeness (QED) is 0.331. The standard InChI is InChI=1S/C24H23BrClN5O2/c1-15-4-6-18(7-5-15)13-31-17(3)23(16(2)28-31)27-24(32)21-10-11-30(29-21)14-33-22-9-8-19(25)12-20(22)26/h4-12H,13-14H2,1-3H3,(H,27,32). The third kappa shape index (κ3) is 5.46. The van der Waals surface area contributed by atoms with Crippen LogP contribution in [0, 0.1) is 20.8 Å². The van der Waals surface area contributed by atoms with Crippen LogP contribution in [-0.2, 0) is 13.3 Å². The van der Waals surface area contributed by atoms with E-state index in [4.69, 9.17) is 16.3 Å². The van der Waals surface area contributed by atoms with E-state index in [9.17, 15) is 4.79 Å². The molecule has 4 aromatic rings. The van der Waals surface area contributed by atoms with Crippen LogP contribution < -0.4 is 10.1 Å². The molecular weight excluding hydrogens is 506 g/mol. The van der Waals surface area contributed by atoms with Crippen LogP contribution in [0.5, 0.6) is 5.75 Å². The van der Waals surface area contributed by atoms with E-state index in [0.717, 1.165) is 21.4 Å². The van der Waals surface area contributed by atoms with Crippen molar-refractivity contribution < 1.29 is 9.53 Å². The molecule has 0 unspecified atom stereocenters. The number of nitrogens with zero attached hydrogens (tertiary/aromatic N) is 4. The number of hydrogen-bond acceptors (Lipinski definition) is 4. The summed E-state index contributed by atoms with van der Waals surface area (Å²) in [6.45, 7) is 6.64. The average molecular weight is 529 g/mol. The maximum absolute atomic E-state index is 12.8. The molecule has 1 N–H and O–H groups in total. The zero-order valence-electron chi connectivity index (χ0n) is 18.5. The fourth-order valence-corrected chi connectivity index (χ4v) is 4.09. The Morgan fingerprint density at radius 2 is 1.85 bits per heavy atom. The van der Waals surface area contributed by atoms with E-state index >= 15 is 0 Å². The van der Waals surface area contributed by atoms with Crippen LogP contribution in [0.1, 0.15) is 33.0 Å². The monoisotopic (exact) mass is 527 g/mol. The molecule has 0 saturated heterocycles. The molecule has 2 aromatic carbocycles. The summed E-state index contributed by atoms with van der Waals surface area (Å²) in [6, 6.07) is 15.3. The van der Waals surface area contributed by atoms with Crippen LogP contribution in [0.4, 0.5) is 5.69 Å². The number of rotatable bonds is 7. The fourth-order valence-electron chi connectivity index (χ4n) is 3.36. The minimum atomic E-state index is -0.309. The van der Waals surface area contributed by atoms with Crippen molar-refractivity contribution in [1.82, 2.24) is 19.6 Å². The molecular formula is C24H23BrClN5O2. The van der Waals surface area contributed by atoms with Gasteiger partial charge in [0.1, 0.15) is 5.75 Å². The number of halogens is 2. The van der Waals surface area contributed by atoms with Gasteiger partial charge in [-0.3, -0.25) is 9.48 Å². The molecule has 7 nitrogen and oxygen atoms in total. The van der Waals surface area contributed by atoms with Gasteiger partial charge in [0, 0.05) is 10.7 Å². The second-order valence-electron chi connectivity index (χ2n) is 7.73. The number of aromatic nitrogens is 4. The number of carbonyl (C=O) groups is 1. The number of benzene rings is 2. The predicted molar refractivity (Wildman–Crippen MR) is 132 cm³/mol. The number of anilines is 1. The second kappa shape index (κ2) is 9.80. The molecule has 33 heavy (non-hydrogen) atoms. The number of ether oxygens (including phenoxy) is 1. The molecule has 170 valence electrons. The van der Waals surface area contributed by atoms with E-state index in [1.807, 2.05) is 24.6 Å². The molecule has 0 atom stereocenters. The molecule has 0 radical (unpaired) electrons.